The second-order valence-corrected chi connectivity index (χ2v) is 6.19. The fourth-order valence-electron chi connectivity index (χ4n) is 3.14. The van der Waals surface area contributed by atoms with Crippen LogP contribution in [0.4, 0.5) is 17.5 Å². The third kappa shape index (κ3) is 4.32. The van der Waals surface area contributed by atoms with Crippen molar-refractivity contribution < 1.29 is 4.79 Å². The van der Waals surface area contributed by atoms with Crippen LogP contribution in [0.3, 0.4) is 0 Å². The molecule has 0 radical (unpaired) electrons. The van der Waals surface area contributed by atoms with E-state index in [2.05, 4.69) is 42.3 Å². The minimum atomic E-state index is 0.250. The molecule has 1 amide bonds. The van der Waals surface area contributed by atoms with Crippen LogP contribution in [-0.2, 0) is 11.8 Å². The fraction of sp³-hybridized carbons (Fsp3) is 0.333. The first-order valence-corrected chi connectivity index (χ1v) is 8.76. The summed E-state index contributed by atoms with van der Waals surface area (Å²) in [5, 5.41) is 6.56. The molecule has 4 heterocycles. The maximum absolute atomic E-state index is 8.58. The number of nitrogens with zero attached hydrogens (tertiary/aromatic N) is 5. The van der Waals surface area contributed by atoms with E-state index < -0.39 is 0 Å². The molecule has 9 nitrogen and oxygen atoms in total. The van der Waals surface area contributed by atoms with E-state index in [0.29, 0.717) is 5.95 Å². The first-order valence-electron chi connectivity index (χ1n) is 8.76. The SMILES string of the molecule is Cc1nc(Nc2ccc(N3CCNCC3)cn2)nc2ccn(C)c12.NC=O. The van der Waals surface area contributed by atoms with Gasteiger partial charge in [0.15, 0.2) is 0 Å². The highest BCUT2D eigenvalue weighted by atomic mass is 16.1. The van der Waals surface area contributed by atoms with Gasteiger partial charge in [-0.15, -0.1) is 0 Å². The molecular formula is C18H24N8O. The number of nitrogens with two attached hydrogens (primary N) is 1. The molecule has 9 heteroatoms. The van der Waals surface area contributed by atoms with Gasteiger partial charge in [0.1, 0.15) is 5.82 Å². The summed E-state index contributed by atoms with van der Waals surface area (Å²) in [6, 6.07) is 6.07. The highest BCUT2D eigenvalue weighted by molar-refractivity contribution is 5.79. The van der Waals surface area contributed by atoms with Gasteiger partial charge in [0.2, 0.25) is 12.4 Å². The highest BCUT2D eigenvalue weighted by Gasteiger charge is 2.11. The molecule has 0 unspecified atom stereocenters. The Kier molecular flexibility index (Phi) is 5.82. The fourth-order valence-corrected chi connectivity index (χ4v) is 3.14. The summed E-state index contributed by atoms with van der Waals surface area (Å²) in [4.78, 5) is 24.5. The van der Waals surface area contributed by atoms with Crippen LogP contribution in [0.5, 0.6) is 0 Å². The van der Waals surface area contributed by atoms with Crippen molar-refractivity contribution in [2.75, 3.05) is 36.4 Å². The molecule has 1 fully saturated rings. The van der Waals surface area contributed by atoms with E-state index in [1.165, 1.54) is 0 Å². The van der Waals surface area contributed by atoms with Crippen molar-refractivity contribution >= 4 is 34.9 Å². The Balaban J connectivity index is 0.000000659. The van der Waals surface area contributed by atoms with Gasteiger partial charge in [-0.2, -0.15) is 0 Å². The van der Waals surface area contributed by atoms with Gasteiger partial charge in [-0.25, -0.2) is 15.0 Å². The standard InChI is InChI=1S/C17H21N7.CH3NO/c1-12-16-14(5-8-23(16)2)21-17(20-12)22-15-4-3-13(11-19-15)24-9-6-18-7-10-24;2-1-3/h3-5,8,11,18H,6-7,9-10H2,1-2H3,(H,19,20,21,22);1H,(H2,2,3). The largest absolute Gasteiger partial charge is 0.372 e. The molecule has 0 bridgehead atoms. The Bertz CT molecular complexity index is 900. The minimum Gasteiger partial charge on any atom is -0.372 e. The van der Waals surface area contributed by atoms with Crippen molar-refractivity contribution in [1.82, 2.24) is 24.8 Å². The van der Waals surface area contributed by atoms with Gasteiger partial charge < -0.3 is 25.8 Å². The number of hydrogen-bond acceptors (Lipinski definition) is 7. The first-order chi connectivity index (χ1) is 13.1. The lowest BCUT2D eigenvalue weighted by atomic mass is 10.3. The van der Waals surface area contributed by atoms with E-state index >= 15 is 0 Å². The zero-order valence-corrected chi connectivity index (χ0v) is 15.5. The average Bonchev–Trinajstić information content (AvgIpc) is 3.05. The van der Waals surface area contributed by atoms with Crippen molar-refractivity contribution in [3.63, 3.8) is 0 Å². The molecule has 0 aromatic carbocycles. The highest BCUT2D eigenvalue weighted by Crippen LogP contribution is 2.21. The average molecular weight is 368 g/mol. The molecule has 3 aromatic rings. The number of nitrogens with one attached hydrogen (secondary N) is 2. The Labute approximate surface area is 157 Å². The lowest BCUT2D eigenvalue weighted by Crippen LogP contribution is -2.43. The van der Waals surface area contributed by atoms with Crippen LogP contribution in [0.15, 0.2) is 30.6 Å². The number of aromatic nitrogens is 4. The van der Waals surface area contributed by atoms with Crippen LogP contribution in [0, 0.1) is 6.92 Å². The number of anilines is 3. The summed E-state index contributed by atoms with van der Waals surface area (Å²) in [5.41, 5.74) is 8.26. The van der Waals surface area contributed by atoms with Crippen molar-refractivity contribution in [2.24, 2.45) is 12.8 Å². The second-order valence-electron chi connectivity index (χ2n) is 6.19. The van der Waals surface area contributed by atoms with E-state index in [4.69, 9.17) is 4.79 Å². The van der Waals surface area contributed by atoms with E-state index in [9.17, 15) is 0 Å². The van der Waals surface area contributed by atoms with Crippen LogP contribution in [0.1, 0.15) is 5.69 Å². The number of carbonyl (C=O) groups is 1. The molecule has 0 atom stereocenters. The molecule has 0 saturated carbocycles. The van der Waals surface area contributed by atoms with E-state index in [-0.39, 0.29) is 6.41 Å². The molecule has 4 rings (SSSR count). The Morgan fingerprint density at radius 1 is 1.22 bits per heavy atom. The van der Waals surface area contributed by atoms with Gasteiger partial charge in [0.05, 0.1) is 28.6 Å². The summed E-state index contributed by atoms with van der Waals surface area (Å²) in [6.07, 6.45) is 4.15. The van der Waals surface area contributed by atoms with Crippen molar-refractivity contribution in [1.29, 1.82) is 0 Å². The number of aryl methyl sites for hydroxylation is 2. The number of rotatable bonds is 3. The predicted molar refractivity (Wildman–Crippen MR) is 106 cm³/mol. The van der Waals surface area contributed by atoms with E-state index in [1.54, 1.807) is 0 Å². The van der Waals surface area contributed by atoms with Gasteiger partial charge in [0, 0.05) is 39.4 Å². The van der Waals surface area contributed by atoms with Crippen molar-refractivity contribution in [3.8, 4) is 0 Å². The van der Waals surface area contributed by atoms with Gasteiger partial charge in [-0.1, -0.05) is 0 Å². The third-order valence-electron chi connectivity index (χ3n) is 4.36. The summed E-state index contributed by atoms with van der Waals surface area (Å²) in [6.45, 7) is 6.06. The summed E-state index contributed by atoms with van der Waals surface area (Å²) in [5.74, 6) is 1.33. The number of piperazine rings is 1. The van der Waals surface area contributed by atoms with Crippen LogP contribution < -0.4 is 21.3 Å². The molecule has 0 aliphatic carbocycles. The molecule has 0 spiro atoms. The lowest BCUT2D eigenvalue weighted by molar-refractivity contribution is -0.106. The predicted octanol–water partition coefficient (Wildman–Crippen LogP) is 0.926. The number of carbonyl (C=O) groups excluding carboxylic acids is 1. The maximum atomic E-state index is 8.58. The smallest absolute Gasteiger partial charge is 0.229 e. The lowest BCUT2D eigenvalue weighted by Gasteiger charge is -2.29. The van der Waals surface area contributed by atoms with E-state index in [0.717, 1.165) is 54.4 Å². The molecule has 27 heavy (non-hydrogen) atoms. The number of amides is 1. The Morgan fingerprint density at radius 2 is 1.96 bits per heavy atom. The van der Waals surface area contributed by atoms with Crippen LogP contribution in [-0.4, -0.2) is 52.1 Å². The number of pyridine rings is 1. The summed E-state index contributed by atoms with van der Waals surface area (Å²) < 4.78 is 2.04. The number of fused-ring (bicyclic) bond motifs is 1. The van der Waals surface area contributed by atoms with Crippen molar-refractivity contribution in [3.05, 3.63) is 36.3 Å². The normalized spacial score (nSPS) is 13.8. The van der Waals surface area contributed by atoms with Crippen LogP contribution in [0.25, 0.3) is 11.0 Å². The molecule has 4 N–H and O–H groups in total. The first kappa shape index (κ1) is 18.6. The third-order valence-corrected chi connectivity index (χ3v) is 4.36. The quantitative estimate of drug-likeness (QED) is 0.589. The zero-order chi connectivity index (χ0) is 19.2. The molecule has 142 valence electrons. The topological polar surface area (TPSA) is 114 Å². The van der Waals surface area contributed by atoms with Gasteiger partial charge in [-0.05, 0) is 25.1 Å². The maximum Gasteiger partial charge on any atom is 0.229 e. The van der Waals surface area contributed by atoms with Gasteiger partial charge in [-0.3, -0.25) is 4.79 Å². The Morgan fingerprint density at radius 3 is 2.63 bits per heavy atom. The molecule has 3 aromatic heterocycles. The molecule has 1 aliphatic heterocycles. The van der Waals surface area contributed by atoms with Crippen LogP contribution in [0.2, 0.25) is 0 Å². The van der Waals surface area contributed by atoms with Gasteiger partial charge >= 0.3 is 0 Å². The monoisotopic (exact) mass is 368 g/mol. The van der Waals surface area contributed by atoms with Crippen molar-refractivity contribution in [2.45, 2.75) is 6.92 Å². The zero-order valence-electron chi connectivity index (χ0n) is 15.5. The van der Waals surface area contributed by atoms with Crippen LogP contribution >= 0.6 is 0 Å². The second kappa shape index (κ2) is 8.45. The van der Waals surface area contributed by atoms with E-state index in [1.807, 2.05) is 43.1 Å². The molecular weight excluding hydrogens is 344 g/mol. The molecule has 1 aliphatic rings. The molecule has 1 saturated heterocycles. The minimum absolute atomic E-state index is 0.250. The van der Waals surface area contributed by atoms with Gasteiger partial charge in [0.25, 0.3) is 0 Å². The summed E-state index contributed by atoms with van der Waals surface area (Å²) in [7, 11) is 2.00. The number of hydrogen-bond donors (Lipinski definition) is 3. The number of primary amides is 1. The Hall–Kier alpha value is -3.20. The summed E-state index contributed by atoms with van der Waals surface area (Å²) >= 11 is 0.